The van der Waals surface area contributed by atoms with Crippen LogP contribution >= 0.6 is 0 Å². The Kier molecular flexibility index (Phi) is 5.71. The number of benzene rings is 2. The maximum absolute atomic E-state index is 13.6. The molecule has 28 heavy (non-hydrogen) atoms. The SMILES string of the molecule is O=C(CNc1cc(C(F)(F)F)ccc1N1CCCC1)Nc1c(F)cccc1F. The average Bonchev–Trinajstić information content (AvgIpc) is 3.16. The molecule has 150 valence electrons. The van der Waals surface area contributed by atoms with Crippen molar-refractivity contribution in [3.8, 4) is 0 Å². The van der Waals surface area contributed by atoms with Crippen molar-refractivity contribution in [2.45, 2.75) is 19.0 Å². The molecule has 0 bridgehead atoms. The van der Waals surface area contributed by atoms with E-state index in [9.17, 15) is 26.7 Å². The molecule has 3 rings (SSSR count). The largest absolute Gasteiger partial charge is 0.416 e. The van der Waals surface area contributed by atoms with E-state index in [1.807, 2.05) is 4.90 Å². The van der Waals surface area contributed by atoms with E-state index in [1.165, 1.54) is 6.07 Å². The summed E-state index contributed by atoms with van der Waals surface area (Å²) < 4.78 is 66.4. The molecule has 2 aromatic rings. The second-order valence-corrected chi connectivity index (χ2v) is 6.42. The summed E-state index contributed by atoms with van der Waals surface area (Å²) in [6, 6.07) is 6.43. The van der Waals surface area contributed by atoms with E-state index in [2.05, 4.69) is 10.6 Å². The van der Waals surface area contributed by atoms with Crippen LogP contribution in [0.3, 0.4) is 0 Å². The highest BCUT2D eigenvalue weighted by atomic mass is 19.4. The second-order valence-electron chi connectivity index (χ2n) is 6.42. The minimum atomic E-state index is -4.53. The Balaban J connectivity index is 1.77. The fourth-order valence-electron chi connectivity index (χ4n) is 3.06. The second kappa shape index (κ2) is 8.04. The number of amides is 1. The van der Waals surface area contributed by atoms with Gasteiger partial charge in [0.25, 0.3) is 0 Å². The lowest BCUT2D eigenvalue weighted by Gasteiger charge is -2.23. The molecular weight excluding hydrogens is 381 g/mol. The fraction of sp³-hybridized carbons (Fsp3) is 0.316. The van der Waals surface area contributed by atoms with Gasteiger partial charge in [-0.2, -0.15) is 13.2 Å². The Morgan fingerprint density at radius 2 is 1.68 bits per heavy atom. The topological polar surface area (TPSA) is 44.4 Å². The molecule has 0 unspecified atom stereocenters. The first kappa shape index (κ1) is 19.9. The minimum absolute atomic E-state index is 0.140. The predicted molar refractivity (Wildman–Crippen MR) is 96.4 cm³/mol. The molecule has 4 nitrogen and oxygen atoms in total. The van der Waals surface area contributed by atoms with E-state index in [0.717, 1.165) is 43.2 Å². The van der Waals surface area contributed by atoms with Crippen molar-refractivity contribution < 1.29 is 26.7 Å². The fourth-order valence-corrected chi connectivity index (χ4v) is 3.06. The van der Waals surface area contributed by atoms with Crippen molar-refractivity contribution in [1.82, 2.24) is 0 Å². The first-order chi connectivity index (χ1) is 13.3. The maximum atomic E-state index is 13.6. The van der Waals surface area contributed by atoms with Gasteiger partial charge in [0.15, 0.2) is 0 Å². The van der Waals surface area contributed by atoms with Crippen LogP contribution in [0.15, 0.2) is 36.4 Å². The number of halogens is 5. The molecule has 1 aliphatic rings. The molecule has 1 saturated heterocycles. The van der Waals surface area contributed by atoms with Crippen LogP contribution in [0.5, 0.6) is 0 Å². The predicted octanol–water partition coefficient (Wildman–Crippen LogP) is 4.63. The smallest absolute Gasteiger partial charge is 0.374 e. The average molecular weight is 399 g/mol. The normalized spacial score (nSPS) is 14.2. The number of carbonyl (C=O) groups excluding carboxylic acids is 1. The summed E-state index contributed by atoms with van der Waals surface area (Å²) in [6.07, 6.45) is -2.68. The molecule has 9 heteroatoms. The highest BCUT2D eigenvalue weighted by molar-refractivity contribution is 5.94. The van der Waals surface area contributed by atoms with Crippen LogP contribution in [0.1, 0.15) is 18.4 Å². The maximum Gasteiger partial charge on any atom is 0.416 e. The van der Waals surface area contributed by atoms with Gasteiger partial charge in [0.2, 0.25) is 5.91 Å². The summed E-state index contributed by atoms with van der Waals surface area (Å²) in [4.78, 5) is 14.0. The van der Waals surface area contributed by atoms with Gasteiger partial charge in [-0.25, -0.2) is 8.78 Å². The number of nitrogens with one attached hydrogen (secondary N) is 2. The molecule has 1 heterocycles. The van der Waals surface area contributed by atoms with Crippen molar-refractivity contribution in [2.75, 3.05) is 35.2 Å². The van der Waals surface area contributed by atoms with E-state index < -0.39 is 41.5 Å². The highest BCUT2D eigenvalue weighted by Crippen LogP contribution is 2.36. The first-order valence-corrected chi connectivity index (χ1v) is 8.69. The molecular formula is C19H18F5N3O. The van der Waals surface area contributed by atoms with Gasteiger partial charge in [-0.1, -0.05) is 6.07 Å². The summed E-state index contributed by atoms with van der Waals surface area (Å²) in [5.41, 5.74) is -0.757. The Labute approximate surface area is 158 Å². The monoisotopic (exact) mass is 399 g/mol. The van der Waals surface area contributed by atoms with Gasteiger partial charge in [-0.15, -0.1) is 0 Å². The van der Waals surface area contributed by atoms with Crippen LogP contribution in [0.4, 0.5) is 39.0 Å². The van der Waals surface area contributed by atoms with Crippen molar-refractivity contribution in [2.24, 2.45) is 0 Å². The lowest BCUT2D eigenvalue weighted by molar-refractivity contribution is -0.137. The zero-order valence-corrected chi connectivity index (χ0v) is 14.7. The molecule has 0 aliphatic carbocycles. The summed E-state index contributed by atoms with van der Waals surface area (Å²) in [5, 5.41) is 4.76. The third-order valence-corrected chi connectivity index (χ3v) is 4.44. The summed E-state index contributed by atoms with van der Waals surface area (Å²) >= 11 is 0. The zero-order chi connectivity index (χ0) is 20.3. The molecule has 1 aliphatic heterocycles. The van der Waals surface area contributed by atoms with Crippen molar-refractivity contribution in [3.63, 3.8) is 0 Å². The van der Waals surface area contributed by atoms with E-state index >= 15 is 0 Å². The van der Waals surface area contributed by atoms with Crippen LogP contribution in [0.2, 0.25) is 0 Å². The van der Waals surface area contributed by atoms with Crippen molar-refractivity contribution >= 4 is 23.0 Å². The van der Waals surface area contributed by atoms with E-state index in [4.69, 9.17) is 0 Å². The van der Waals surface area contributed by atoms with Crippen LogP contribution in [-0.4, -0.2) is 25.5 Å². The Morgan fingerprint density at radius 3 is 2.29 bits per heavy atom. The molecule has 0 saturated carbocycles. The third-order valence-electron chi connectivity index (χ3n) is 4.44. The quantitative estimate of drug-likeness (QED) is 0.721. The molecule has 0 atom stereocenters. The highest BCUT2D eigenvalue weighted by Gasteiger charge is 2.31. The van der Waals surface area contributed by atoms with Gasteiger partial charge in [-0.3, -0.25) is 4.79 Å². The summed E-state index contributed by atoms with van der Waals surface area (Å²) in [5.74, 6) is -2.66. The number of nitrogens with zero attached hydrogens (tertiary/aromatic N) is 1. The number of carbonyl (C=O) groups is 1. The van der Waals surface area contributed by atoms with Gasteiger partial charge >= 0.3 is 6.18 Å². The molecule has 0 spiro atoms. The molecule has 0 aromatic heterocycles. The minimum Gasteiger partial charge on any atom is -0.374 e. The van der Waals surface area contributed by atoms with Crippen LogP contribution in [0, 0.1) is 11.6 Å². The number of rotatable bonds is 5. The lowest BCUT2D eigenvalue weighted by Crippen LogP contribution is -2.25. The number of anilines is 3. The van der Waals surface area contributed by atoms with Gasteiger partial charge in [0, 0.05) is 13.1 Å². The van der Waals surface area contributed by atoms with E-state index in [0.29, 0.717) is 18.8 Å². The molecule has 2 aromatic carbocycles. The van der Waals surface area contributed by atoms with Crippen molar-refractivity contribution in [1.29, 1.82) is 0 Å². The van der Waals surface area contributed by atoms with Crippen molar-refractivity contribution in [3.05, 3.63) is 53.6 Å². The van der Waals surface area contributed by atoms with Crippen LogP contribution in [0.25, 0.3) is 0 Å². The number of hydrogen-bond acceptors (Lipinski definition) is 3. The van der Waals surface area contributed by atoms with Gasteiger partial charge in [0.1, 0.15) is 17.3 Å². The van der Waals surface area contributed by atoms with Gasteiger partial charge in [-0.05, 0) is 43.2 Å². The summed E-state index contributed by atoms with van der Waals surface area (Å²) in [6.45, 7) is 0.954. The van der Waals surface area contributed by atoms with Crippen LogP contribution < -0.4 is 15.5 Å². The van der Waals surface area contributed by atoms with Gasteiger partial charge in [0.05, 0.1) is 23.5 Å². The van der Waals surface area contributed by atoms with E-state index in [-0.39, 0.29) is 5.69 Å². The van der Waals surface area contributed by atoms with Crippen LogP contribution in [-0.2, 0) is 11.0 Å². The number of alkyl halides is 3. The molecule has 2 N–H and O–H groups in total. The summed E-state index contributed by atoms with van der Waals surface area (Å²) in [7, 11) is 0. The Hall–Kier alpha value is -2.84. The first-order valence-electron chi connectivity index (χ1n) is 8.69. The lowest BCUT2D eigenvalue weighted by atomic mass is 10.1. The molecule has 0 radical (unpaired) electrons. The number of hydrogen-bond donors (Lipinski definition) is 2. The molecule has 1 fully saturated rings. The number of para-hydroxylation sites is 1. The molecule has 1 amide bonds. The van der Waals surface area contributed by atoms with E-state index in [1.54, 1.807) is 0 Å². The Morgan fingerprint density at radius 1 is 1.04 bits per heavy atom. The van der Waals surface area contributed by atoms with Gasteiger partial charge < -0.3 is 15.5 Å². The third kappa shape index (κ3) is 4.52. The zero-order valence-electron chi connectivity index (χ0n) is 14.7. The standard InChI is InChI=1S/C19H18F5N3O/c20-13-4-3-5-14(21)18(13)26-17(28)11-25-15-10-12(19(22,23)24)6-7-16(15)27-8-1-2-9-27/h3-7,10,25H,1-2,8-9,11H2,(H,26,28). The Bertz CT molecular complexity index is 843.